The minimum Gasteiger partial charge on any atom is -0.473 e. The van der Waals surface area contributed by atoms with Gasteiger partial charge in [-0.05, 0) is 36.5 Å². The molecule has 7 nitrogen and oxygen atoms in total. The van der Waals surface area contributed by atoms with Crippen LogP contribution in [-0.4, -0.2) is 27.6 Å². The molecule has 1 aliphatic rings. The van der Waals surface area contributed by atoms with E-state index in [1.807, 2.05) is 0 Å². The van der Waals surface area contributed by atoms with Crippen LogP contribution in [0.4, 0.5) is 13.2 Å². The summed E-state index contributed by atoms with van der Waals surface area (Å²) in [5.41, 5.74) is 0.965. The van der Waals surface area contributed by atoms with Crippen LogP contribution in [0.1, 0.15) is 24.3 Å². The van der Waals surface area contributed by atoms with Gasteiger partial charge in [0.05, 0.1) is 18.5 Å². The number of nitrogens with zero attached hydrogens (tertiary/aromatic N) is 2. The Morgan fingerprint density at radius 2 is 1.86 bits per heavy atom. The van der Waals surface area contributed by atoms with Crippen molar-refractivity contribution in [3.63, 3.8) is 0 Å². The zero-order valence-corrected chi connectivity index (χ0v) is 14.3. The molecule has 0 atom stereocenters. The number of ether oxygens (including phenoxy) is 2. The van der Waals surface area contributed by atoms with Crippen molar-refractivity contribution in [3.05, 3.63) is 58.6 Å². The monoisotopic (exact) mass is 393 g/mol. The van der Waals surface area contributed by atoms with Crippen LogP contribution in [0.2, 0.25) is 0 Å². The summed E-state index contributed by atoms with van der Waals surface area (Å²) in [5.74, 6) is 0.591. The number of halogens is 3. The van der Waals surface area contributed by atoms with E-state index in [9.17, 15) is 18.0 Å². The molecule has 3 aromatic rings. The van der Waals surface area contributed by atoms with Crippen LogP contribution in [0.5, 0.6) is 11.6 Å². The molecule has 0 unspecified atom stereocenters. The fourth-order valence-electron chi connectivity index (χ4n) is 2.96. The number of benzene rings is 1. The molecule has 1 N–H and O–H groups in total. The van der Waals surface area contributed by atoms with Crippen molar-refractivity contribution < 1.29 is 27.2 Å². The van der Waals surface area contributed by atoms with Gasteiger partial charge in [-0.3, -0.25) is 4.79 Å². The van der Waals surface area contributed by atoms with Crippen LogP contribution < -0.4 is 15.0 Å². The Hall–Kier alpha value is -3.30. The molecule has 4 rings (SSSR count). The lowest BCUT2D eigenvalue weighted by atomic mass is 9.77. The summed E-state index contributed by atoms with van der Waals surface area (Å²) in [5, 5.41) is 2.17. The highest BCUT2D eigenvalue weighted by Crippen LogP contribution is 2.39. The molecular formula is C18H14F3N3O4. The first kappa shape index (κ1) is 18.1. The summed E-state index contributed by atoms with van der Waals surface area (Å²) in [6.45, 7) is 0. The Kier molecular flexibility index (Phi) is 4.54. The molecule has 0 radical (unpaired) electrons. The average Bonchev–Trinajstić information content (AvgIpc) is 3.04. The molecule has 10 heteroatoms. The summed E-state index contributed by atoms with van der Waals surface area (Å²) in [7, 11) is 0. The van der Waals surface area contributed by atoms with E-state index in [-0.39, 0.29) is 29.1 Å². The highest BCUT2D eigenvalue weighted by atomic mass is 19.4. The van der Waals surface area contributed by atoms with Crippen molar-refractivity contribution in [1.82, 2.24) is 15.1 Å². The fourth-order valence-corrected chi connectivity index (χ4v) is 2.96. The van der Waals surface area contributed by atoms with Crippen LogP contribution in [0, 0.1) is 0 Å². The molecule has 28 heavy (non-hydrogen) atoms. The van der Waals surface area contributed by atoms with E-state index in [0.717, 1.165) is 18.4 Å². The Morgan fingerprint density at radius 1 is 1.11 bits per heavy atom. The maximum atomic E-state index is 12.2. The first-order valence-electron chi connectivity index (χ1n) is 8.39. The zero-order chi connectivity index (χ0) is 19.7. The highest BCUT2D eigenvalue weighted by molar-refractivity contribution is 5.49. The third-order valence-electron chi connectivity index (χ3n) is 4.37. The van der Waals surface area contributed by atoms with E-state index in [4.69, 9.17) is 9.26 Å². The van der Waals surface area contributed by atoms with Crippen molar-refractivity contribution in [2.75, 3.05) is 0 Å². The fraction of sp³-hybridized carbons (Fsp3) is 0.278. The minimum atomic E-state index is -4.69. The van der Waals surface area contributed by atoms with Gasteiger partial charge in [-0.2, -0.15) is 5.16 Å². The van der Waals surface area contributed by atoms with E-state index in [1.165, 1.54) is 30.6 Å². The van der Waals surface area contributed by atoms with Gasteiger partial charge < -0.3 is 14.0 Å². The lowest BCUT2D eigenvalue weighted by molar-refractivity contribution is -0.274. The molecule has 0 bridgehead atoms. The Balaban J connectivity index is 1.30. The molecule has 0 amide bonds. The van der Waals surface area contributed by atoms with Crippen LogP contribution in [0.25, 0.3) is 11.5 Å². The second-order valence-corrected chi connectivity index (χ2v) is 6.34. The number of alkyl halides is 3. The molecule has 1 saturated carbocycles. The van der Waals surface area contributed by atoms with Crippen molar-refractivity contribution in [3.8, 4) is 23.1 Å². The third-order valence-corrected chi connectivity index (χ3v) is 4.37. The maximum Gasteiger partial charge on any atom is 0.573 e. The first-order valence-corrected chi connectivity index (χ1v) is 8.39. The van der Waals surface area contributed by atoms with E-state index >= 15 is 0 Å². The molecule has 0 aliphatic heterocycles. The Morgan fingerprint density at radius 3 is 2.43 bits per heavy atom. The normalized spacial score (nSPS) is 19.1. The number of H-pyrrole nitrogens is 1. The number of rotatable bonds is 5. The van der Waals surface area contributed by atoms with Gasteiger partial charge in [0.15, 0.2) is 5.76 Å². The van der Waals surface area contributed by atoms with Crippen LogP contribution in [0.3, 0.4) is 0 Å². The van der Waals surface area contributed by atoms with Crippen LogP contribution >= 0.6 is 0 Å². The average molecular weight is 393 g/mol. The number of aromatic nitrogens is 3. The van der Waals surface area contributed by atoms with Gasteiger partial charge in [0.2, 0.25) is 5.88 Å². The summed E-state index contributed by atoms with van der Waals surface area (Å²) >= 11 is 0. The van der Waals surface area contributed by atoms with Gasteiger partial charge in [-0.25, -0.2) is 9.97 Å². The predicted octanol–water partition coefficient (Wildman–Crippen LogP) is 3.65. The quantitative estimate of drug-likeness (QED) is 0.712. The number of hydrogen-bond acceptors (Lipinski definition) is 6. The van der Waals surface area contributed by atoms with Crippen molar-refractivity contribution in [2.24, 2.45) is 0 Å². The second-order valence-electron chi connectivity index (χ2n) is 6.34. The molecule has 1 fully saturated rings. The van der Waals surface area contributed by atoms with Crippen LogP contribution in [-0.2, 0) is 0 Å². The maximum absolute atomic E-state index is 12.2. The second kappa shape index (κ2) is 7.02. The minimum absolute atomic E-state index is 0.0542. The molecular weight excluding hydrogens is 379 g/mol. The van der Waals surface area contributed by atoms with E-state index < -0.39 is 6.36 Å². The molecule has 2 aromatic heterocycles. The third kappa shape index (κ3) is 4.16. The van der Waals surface area contributed by atoms with E-state index in [0.29, 0.717) is 11.6 Å². The van der Waals surface area contributed by atoms with Gasteiger partial charge in [0.1, 0.15) is 17.5 Å². The SMILES string of the molecule is O=c1cc(-c2cnc(OC3CC(c4ccc(OC(F)(F)F)cc4)C3)cn2)o[nH]1. The van der Waals surface area contributed by atoms with E-state index in [2.05, 4.69) is 19.9 Å². The van der Waals surface area contributed by atoms with Gasteiger partial charge in [-0.1, -0.05) is 12.1 Å². The van der Waals surface area contributed by atoms with Crippen molar-refractivity contribution in [2.45, 2.75) is 31.2 Å². The largest absolute Gasteiger partial charge is 0.573 e. The molecule has 0 spiro atoms. The predicted molar refractivity (Wildman–Crippen MR) is 89.9 cm³/mol. The summed E-state index contributed by atoms with van der Waals surface area (Å²) in [4.78, 5) is 19.4. The topological polar surface area (TPSA) is 90.2 Å². The first-order chi connectivity index (χ1) is 13.4. The Bertz CT molecular complexity index is 990. The number of hydrogen-bond donors (Lipinski definition) is 1. The zero-order valence-electron chi connectivity index (χ0n) is 14.3. The summed E-state index contributed by atoms with van der Waals surface area (Å²) in [6, 6.07) is 7.13. The van der Waals surface area contributed by atoms with Gasteiger partial charge in [0, 0.05) is 0 Å². The van der Waals surface area contributed by atoms with E-state index in [1.54, 1.807) is 12.1 Å². The number of nitrogens with one attached hydrogen (secondary N) is 1. The standard InChI is InChI=1S/C18H14F3N3O4/c19-18(20,21)27-12-3-1-10(2-4-12)11-5-13(6-11)26-17-9-22-14(8-23-17)15-7-16(25)24-28-15/h1-4,7-9,11,13H,5-6H2,(H,24,25). The number of aromatic amines is 1. The van der Waals surface area contributed by atoms with Gasteiger partial charge >= 0.3 is 6.36 Å². The van der Waals surface area contributed by atoms with Crippen molar-refractivity contribution in [1.29, 1.82) is 0 Å². The van der Waals surface area contributed by atoms with Crippen LogP contribution in [0.15, 0.2) is 52.0 Å². The molecule has 2 heterocycles. The summed E-state index contributed by atoms with van der Waals surface area (Å²) in [6.07, 6.45) is -0.428. The summed E-state index contributed by atoms with van der Waals surface area (Å²) < 4.78 is 51.1. The Labute approximate surface area is 156 Å². The molecule has 1 aromatic carbocycles. The lowest BCUT2D eigenvalue weighted by Crippen LogP contribution is -2.32. The van der Waals surface area contributed by atoms with Gasteiger partial charge in [0.25, 0.3) is 5.56 Å². The molecule has 1 aliphatic carbocycles. The molecule has 0 saturated heterocycles. The lowest BCUT2D eigenvalue weighted by Gasteiger charge is -2.35. The highest BCUT2D eigenvalue weighted by Gasteiger charge is 2.33. The molecule has 146 valence electrons. The van der Waals surface area contributed by atoms with Gasteiger partial charge in [-0.15, -0.1) is 13.2 Å². The van der Waals surface area contributed by atoms with Crippen molar-refractivity contribution >= 4 is 0 Å². The smallest absolute Gasteiger partial charge is 0.473 e.